The maximum atomic E-state index is 13.8. The van der Waals surface area contributed by atoms with E-state index in [2.05, 4.69) is 20.8 Å². The van der Waals surface area contributed by atoms with Crippen LogP contribution in [0.25, 0.3) is 0 Å². The van der Waals surface area contributed by atoms with Gasteiger partial charge in [0.05, 0.1) is 24.0 Å². The zero-order valence-electron chi connectivity index (χ0n) is 12.7. The number of nitrogens with one attached hydrogen (secondary N) is 3. The van der Waals surface area contributed by atoms with Crippen molar-refractivity contribution in [3.8, 4) is 0 Å². The second-order valence-corrected chi connectivity index (χ2v) is 6.27. The Kier molecular flexibility index (Phi) is 3.52. The lowest BCUT2D eigenvalue weighted by molar-refractivity contribution is 0.231. The van der Waals surface area contributed by atoms with Crippen LogP contribution in [0.2, 0.25) is 0 Å². The molecule has 120 valence electrons. The number of nitrogens with zero attached hydrogens (tertiary/aromatic N) is 1. The number of carbonyl (C=O) groups excluding carboxylic acids is 1. The number of aryl methyl sites for hydroxylation is 1. The van der Waals surface area contributed by atoms with Crippen LogP contribution in [0.5, 0.6) is 0 Å². The van der Waals surface area contributed by atoms with E-state index in [0.29, 0.717) is 6.42 Å². The number of H-pyrrole nitrogens is 1. The van der Waals surface area contributed by atoms with Crippen LogP contribution in [-0.4, -0.2) is 16.2 Å². The highest BCUT2D eigenvalue weighted by Crippen LogP contribution is 2.33. The molecular weight excluding hydrogens is 295 g/mol. The van der Waals surface area contributed by atoms with Gasteiger partial charge in [-0.2, -0.15) is 5.10 Å². The normalized spacial score (nSPS) is 22.3. The van der Waals surface area contributed by atoms with E-state index in [4.69, 9.17) is 0 Å². The first-order valence-corrected chi connectivity index (χ1v) is 8.09. The van der Waals surface area contributed by atoms with Gasteiger partial charge in [0.2, 0.25) is 0 Å². The minimum absolute atomic E-state index is 0.0327. The van der Waals surface area contributed by atoms with E-state index < -0.39 is 0 Å². The van der Waals surface area contributed by atoms with E-state index in [1.165, 1.54) is 11.6 Å². The molecule has 0 aliphatic heterocycles. The molecular formula is C17H19FN4O. The molecule has 0 spiro atoms. The summed E-state index contributed by atoms with van der Waals surface area (Å²) < 4.78 is 13.8. The summed E-state index contributed by atoms with van der Waals surface area (Å²) >= 11 is 0. The number of urea groups is 1. The van der Waals surface area contributed by atoms with Crippen LogP contribution in [-0.2, 0) is 12.8 Å². The third-order valence-corrected chi connectivity index (χ3v) is 4.86. The molecule has 0 saturated carbocycles. The van der Waals surface area contributed by atoms with Gasteiger partial charge in [0.1, 0.15) is 5.82 Å². The van der Waals surface area contributed by atoms with Gasteiger partial charge < -0.3 is 10.6 Å². The average Bonchev–Trinajstić information content (AvgIpc) is 3.16. The number of hydrogen-bond acceptors (Lipinski definition) is 2. The van der Waals surface area contributed by atoms with Crippen LogP contribution < -0.4 is 10.6 Å². The molecule has 1 heterocycles. The van der Waals surface area contributed by atoms with Gasteiger partial charge in [-0.25, -0.2) is 9.18 Å². The van der Waals surface area contributed by atoms with Crippen molar-refractivity contribution in [2.45, 2.75) is 44.2 Å². The van der Waals surface area contributed by atoms with E-state index in [1.54, 1.807) is 6.07 Å². The van der Waals surface area contributed by atoms with E-state index >= 15 is 0 Å². The zero-order chi connectivity index (χ0) is 15.8. The lowest BCUT2D eigenvalue weighted by Crippen LogP contribution is -2.40. The summed E-state index contributed by atoms with van der Waals surface area (Å²) in [5.41, 5.74) is 3.80. The molecule has 6 heteroatoms. The van der Waals surface area contributed by atoms with Crippen LogP contribution in [0.15, 0.2) is 24.4 Å². The van der Waals surface area contributed by atoms with Crippen molar-refractivity contribution in [1.82, 2.24) is 20.8 Å². The molecule has 3 N–H and O–H groups in total. The quantitative estimate of drug-likeness (QED) is 0.797. The Labute approximate surface area is 133 Å². The number of amides is 2. The van der Waals surface area contributed by atoms with Crippen molar-refractivity contribution in [2.75, 3.05) is 0 Å². The number of fused-ring (bicyclic) bond motifs is 2. The standard InChI is InChI=1S/C17H19FN4O/c18-13-5-2-4-12-11(13)7-8-14(12)20-17(23)21-15-6-1-3-10-9-19-22-16(10)15/h2,4-5,9,14-15H,1,3,6-8H2,(H,19,22)(H2,20,21,23). The van der Waals surface area contributed by atoms with Gasteiger partial charge in [0.15, 0.2) is 0 Å². The van der Waals surface area contributed by atoms with Crippen molar-refractivity contribution in [1.29, 1.82) is 0 Å². The molecule has 1 aromatic heterocycles. The van der Waals surface area contributed by atoms with Crippen molar-refractivity contribution in [2.24, 2.45) is 0 Å². The molecule has 5 nitrogen and oxygen atoms in total. The van der Waals surface area contributed by atoms with Gasteiger partial charge in [0.25, 0.3) is 0 Å². The molecule has 0 radical (unpaired) electrons. The highest BCUT2D eigenvalue weighted by atomic mass is 19.1. The first-order valence-electron chi connectivity index (χ1n) is 8.09. The predicted octanol–water partition coefficient (Wildman–Crippen LogP) is 2.91. The van der Waals surface area contributed by atoms with Crippen molar-refractivity contribution >= 4 is 6.03 Å². The van der Waals surface area contributed by atoms with Gasteiger partial charge >= 0.3 is 6.03 Å². The minimum atomic E-state index is -0.209. The van der Waals surface area contributed by atoms with Crippen LogP contribution in [0.1, 0.15) is 53.7 Å². The molecule has 2 aliphatic rings. The monoisotopic (exact) mass is 314 g/mol. The number of carbonyl (C=O) groups is 1. The largest absolute Gasteiger partial charge is 0.331 e. The highest BCUT2D eigenvalue weighted by Gasteiger charge is 2.28. The molecule has 0 saturated heterocycles. The first-order chi connectivity index (χ1) is 11.2. The van der Waals surface area contributed by atoms with Crippen LogP contribution in [0.3, 0.4) is 0 Å². The Morgan fingerprint density at radius 1 is 1.22 bits per heavy atom. The topological polar surface area (TPSA) is 69.8 Å². The van der Waals surface area contributed by atoms with Crippen LogP contribution >= 0.6 is 0 Å². The predicted molar refractivity (Wildman–Crippen MR) is 83.4 cm³/mol. The van der Waals surface area contributed by atoms with Crippen molar-refractivity contribution < 1.29 is 9.18 Å². The van der Waals surface area contributed by atoms with Gasteiger partial charge in [0, 0.05) is 0 Å². The summed E-state index contributed by atoms with van der Waals surface area (Å²) in [6.07, 6.45) is 6.18. The maximum absolute atomic E-state index is 13.8. The number of benzene rings is 1. The molecule has 0 bridgehead atoms. The molecule has 23 heavy (non-hydrogen) atoms. The summed E-state index contributed by atoms with van der Waals surface area (Å²) in [7, 11) is 0. The molecule has 2 aromatic rings. The van der Waals surface area contributed by atoms with Gasteiger partial charge in [-0.1, -0.05) is 12.1 Å². The maximum Gasteiger partial charge on any atom is 0.315 e. The smallest absolute Gasteiger partial charge is 0.315 e. The van der Waals surface area contributed by atoms with Gasteiger partial charge in [-0.15, -0.1) is 0 Å². The van der Waals surface area contributed by atoms with Crippen molar-refractivity contribution in [3.63, 3.8) is 0 Å². The lowest BCUT2D eigenvalue weighted by Gasteiger charge is -2.24. The Hall–Kier alpha value is -2.37. The highest BCUT2D eigenvalue weighted by molar-refractivity contribution is 5.75. The molecule has 2 aliphatic carbocycles. The van der Waals surface area contributed by atoms with E-state index in [0.717, 1.165) is 42.5 Å². The Morgan fingerprint density at radius 2 is 2.09 bits per heavy atom. The van der Waals surface area contributed by atoms with E-state index in [9.17, 15) is 9.18 Å². The fourth-order valence-corrected chi connectivity index (χ4v) is 3.73. The molecule has 4 rings (SSSR count). The lowest BCUT2D eigenvalue weighted by atomic mass is 9.94. The van der Waals surface area contributed by atoms with Crippen LogP contribution in [0.4, 0.5) is 9.18 Å². The third-order valence-electron chi connectivity index (χ3n) is 4.86. The third kappa shape index (κ3) is 2.58. The molecule has 2 atom stereocenters. The minimum Gasteiger partial charge on any atom is -0.331 e. The second-order valence-electron chi connectivity index (χ2n) is 6.27. The van der Waals surface area contributed by atoms with E-state index in [1.807, 2.05) is 12.3 Å². The number of hydrogen-bond donors (Lipinski definition) is 3. The number of halogens is 1. The summed E-state index contributed by atoms with van der Waals surface area (Å²) in [5.74, 6) is -0.179. The van der Waals surface area contributed by atoms with Crippen LogP contribution in [0, 0.1) is 5.82 Å². The summed E-state index contributed by atoms with van der Waals surface area (Å²) in [4.78, 5) is 12.3. The number of aromatic nitrogens is 2. The fraction of sp³-hybridized carbons (Fsp3) is 0.412. The molecule has 2 unspecified atom stereocenters. The average molecular weight is 314 g/mol. The Balaban J connectivity index is 1.44. The van der Waals surface area contributed by atoms with Crippen molar-refractivity contribution in [3.05, 3.63) is 52.6 Å². The molecule has 0 fully saturated rings. The summed E-state index contributed by atoms with van der Waals surface area (Å²) in [5, 5.41) is 13.1. The number of rotatable bonds is 2. The Morgan fingerprint density at radius 3 is 3.00 bits per heavy atom. The Bertz CT molecular complexity index is 742. The van der Waals surface area contributed by atoms with Gasteiger partial charge in [-0.05, 0) is 54.9 Å². The zero-order valence-corrected chi connectivity index (χ0v) is 12.7. The SMILES string of the molecule is O=C(NC1CCc2c(F)cccc21)NC1CCCc2cn[nH]c21. The summed E-state index contributed by atoms with van der Waals surface area (Å²) in [6, 6.07) is 4.71. The summed E-state index contributed by atoms with van der Waals surface area (Å²) in [6.45, 7) is 0. The number of aromatic amines is 1. The molecule has 1 aromatic carbocycles. The molecule has 2 amide bonds. The van der Waals surface area contributed by atoms with E-state index in [-0.39, 0.29) is 23.9 Å². The fourth-order valence-electron chi connectivity index (χ4n) is 3.73. The second kappa shape index (κ2) is 5.68. The van der Waals surface area contributed by atoms with Gasteiger partial charge in [-0.3, -0.25) is 5.10 Å². The first kappa shape index (κ1) is 14.2.